The first-order valence-electron chi connectivity index (χ1n) is 6.32. The summed E-state index contributed by atoms with van der Waals surface area (Å²) in [6, 6.07) is -0.519. The van der Waals surface area contributed by atoms with Crippen molar-refractivity contribution in [3.8, 4) is 0 Å². The Bertz CT molecular complexity index is 281. The van der Waals surface area contributed by atoms with Gasteiger partial charge in [-0.05, 0) is 32.7 Å². The van der Waals surface area contributed by atoms with Gasteiger partial charge >= 0.3 is 5.97 Å². The molecule has 1 heterocycles. The van der Waals surface area contributed by atoms with Gasteiger partial charge in [0, 0.05) is 19.0 Å². The van der Waals surface area contributed by atoms with Crippen molar-refractivity contribution < 1.29 is 14.7 Å². The van der Waals surface area contributed by atoms with E-state index in [0.717, 1.165) is 19.4 Å². The minimum absolute atomic E-state index is 0.0504. The molecule has 1 aliphatic heterocycles. The highest BCUT2D eigenvalue weighted by Gasteiger charge is 2.31. The highest BCUT2D eigenvalue weighted by molar-refractivity contribution is 5.84. The molecule has 0 radical (unpaired) electrons. The number of nitrogens with one attached hydrogen (secondary N) is 1. The lowest BCUT2D eigenvalue weighted by Gasteiger charge is -2.33. The van der Waals surface area contributed by atoms with Crippen LogP contribution in [-0.4, -0.2) is 47.1 Å². The van der Waals surface area contributed by atoms with Crippen LogP contribution in [0.3, 0.4) is 0 Å². The van der Waals surface area contributed by atoms with Crippen molar-refractivity contribution in [3.63, 3.8) is 0 Å². The second-order valence-electron chi connectivity index (χ2n) is 4.60. The molecule has 5 nitrogen and oxygen atoms in total. The molecule has 0 bridgehead atoms. The Balaban J connectivity index is 2.56. The third-order valence-corrected chi connectivity index (χ3v) is 3.14. The van der Waals surface area contributed by atoms with Crippen LogP contribution in [-0.2, 0) is 9.59 Å². The molecule has 1 unspecified atom stereocenters. The molecule has 0 aromatic rings. The average molecular weight is 242 g/mol. The third kappa shape index (κ3) is 4.00. The summed E-state index contributed by atoms with van der Waals surface area (Å²) >= 11 is 0. The fraction of sp³-hybridized carbons (Fsp3) is 0.833. The smallest absolute Gasteiger partial charge is 0.326 e. The van der Waals surface area contributed by atoms with E-state index in [1.807, 2.05) is 13.8 Å². The molecule has 0 saturated carbocycles. The number of rotatable bonds is 5. The van der Waals surface area contributed by atoms with Crippen molar-refractivity contribution in [2.75, 3.05) is 13.1 Å². The first-order valence-corrected chi connectivity index (χ1v) is 6.32. The monoisotopic (exact) mass is 242 g/mol. The number of carbonyl (C=O) groups is 2. The molecule has 98 valence electrons. The Morgan fingerprint density at radius 2 is 2.18 bits per heavy atom. The lowest BCUT2D eigenvalue weighted by atomic mass is 10.0. The highest BCUT2D eigenvalue weighted by atomic mass is 16.4. The summed E-state index contributed by atoms with van der Waals surface area (Å²) < 4.78 is 0. The molecule has 0 aromatic carbocycles. The molecule has 2 atom stereocenters. The molecule has 2 N–H and O–H groups in total. The second-order valence-corrected chi connectivity index (χ2v) is 4.60. The van der Waals surface area contributed by atoms with Gasteiger partial charge in [0.05, 0.1) is 0 Å². The van der Waals surface area contributed by atoms with E-state index in [2.05, 4.69) is 5.32 Å². The van der Waals surface area contributed by atoms with Crippen LogP contribution in [0.1, 0.15) is 39.5 Å². The van der Waals surface area contributed by atoms with Gasteiger partial charge < -0.3 is 15.3 Å². The van der Waals surface area contributed by atoms with E-state index in [4.69, 9.17) is 5.11 Å². The van der Waals surface area contributed by atoms with Gasteiger partial charge in [-0.25, -0.2) is 4.79 Å². The Labute approximate surface area is 102 Å². The number of carboxylic acids is 1. The van der Waals surface area contributed by atoms with Gasteiger partial charge in [0.2, 0.25) is 5.91 Å². The van der Waals surface area contributed by atoms with Gasteiger partial charge in [0.25, 0.3) is 0 Å². The molecule has 1 amide bonds. The van der Waals surface area contributed by atoms with Gasteiger partial charge in [0.15, 0.2) is 0 Å². The van der Waals surface area contributed by atoms with E-state index in [9.17, 15) is 9.59 Å². The second kappa shape index (κ2) is 6.59. The van der Waals surface area contributed by atoms with Crippen molar-refractivity contribution in [2.45, 2.75) is 51.6 Å². The normalized spacial score (nSPS) is 22.2. The summed E-state index contributed by atoms with van der Waals surface area (Å²) in [7, 11) is 0. The highest BCUT2D eigenvalue weighted by Crippen LogP contribution is 2.18. The van der Waals surface area contributed by atoms with E-state index >= 15 is 0 Å². The van der Waals surface area contributed by atoms with Crippen LogP contribution in [0, 0.1) is 0 Å². The van der Waals surface area contributed by atoms with Crippen molar-refractivity contribution in [1.82, 2.24) is 10.2 Å². The van der Waals surface area contributed by atoms with Gasteiger partial charge in [0.1, 0.15) is 6.04 Å². The fourth-order valence-corrected chi connectivity index (χ4v) is 2.29. The quantitative estimate of drug-likeness (QED) is 0.749. The molecule has 0 spiro atoms. The molecule has 0 aliphatic carbocycles. The molecule has 0 aromatic heterocycles. The summed E-state index contributed by atoms with van der Waals surface area (Å²) in [6.07, 6.45) is 2.75. The zero-order valence-electron chi connectivity index (χ0n) is 10.6. The van der Waals surface area contributed by atoms with Crippen LogP contribution >= 0.6 is 0 Å². The molecule has 1 rings (SSSR count). The Kier molecular flexibility index (Phi) is 5.41. The topological polar surface area (TPSA) is 69.6 Å². The van der Waals surface area contributed by atoms with Crippen molar-refractivity contribution in [2.24, 2.45) is 0 Å². The van der Waals surface area contributed by atoms with E-state index in [-0.39, 0.29) is 11.9 Å². The summed E-state index contributed by atoms with van der Waals surface area (Å²) in [4.78, 5) is 24.6. The summed E-state index contributed by atoms with van der Waals surface area (Å²) in [5, 5.41) is 12.3. The van der Waals surface area contributed by atoms with E-state index in [1.165, 1.54) is 4.90 Å². The number of nitrogens with zero attached hydrogens (tertiary/aromatic N) is 1. The SMILES string of the molecule is CCNC(C)CC(=O)N1CCCC[C@@H]1C(=O)O. The number of hydrogen-bond donors (Lipinski definition) is 2. The third-order valence-electron chi connectivity index (χ3n) is 3.14. The number of amides is 1. The lowest BCUT2D eigenvalue weighted by molar-refractivity contribution is -0.152. The van der Waals surface area contributed by atoms with E-state index in [1.54, 1.807) is 0 Å². The van der Waals surface area contributed by atoms with E-state index < -0.39 is 12.0 Å². The minimum atomic E-state index is -0.880. The van der Waals surface area contributed by atoms with Crippen LogP contribution < -0.4 is 5.32 Å². The predicted molar refractivity (Wildman–Crippen MR) is 64.7 cm³/mol. The first-order chi connectivity index (χ1) is 8.06. The average Bonchev–Trinajstić information content (AvgIpc) is 2.29. The predicted octanol–water partition coefficient (Wildman–Crippen LogP) is 0.840. The lowest BCUT2D eigenvalue weighted by Crippen LogP contribution is -2.49. The van der Waals surface area contributed by atoms with Gasteiger partial charge in [-0.2, -0.15) is 0 Å². The van der Waals surface area contributed by atoms with Crippen LogP contribution in [0.4, 0.5) is 0 Å². The fourth-order valence-electron chi connectivity index (χ4n) is 2.29. The molecular formula is C12H22N2O3. The molecule has 1 saturated heterocycles. The maximum Gasteiger partial charge on any atom is 0.326 e. The van der Waals surface area contributed by atoms with Gasteiger partial charge in [-0.15, -0.1) is 0 Å². The van der Waals surface area contributed by atoms with Crippen LogP contribution in [0.15, 0.2) is 0 Å². The van der Waals surface area contributed by atoms with E-state index in [0.29, 0.717) is 19.4 Å². The molecule has 5 heteroatoms. The number of likely N-dealkylation sites (tertiary alicyclic amines) is 1. The molecular weight excluding hydrogens is 220 g/mol. The Morgan fingerprint density at radius 3 is 2.76 bits per heavy atom. The van der Waals surface area contributed by atoms with Crippen LogP contribution in [0.2, 0.25) is 0 Å². The van der Waals surface area contributed by atoms with Gasteiger partial charge in [-0.3, -0.25) is 4.79 Å². The Hall–Kier alpha value is -1.10. The minimum Gasteiger partial charge on any atom is -0.480 e. The largest absolute Gasteiger partial charge is 0.480 e. The number of carboxylic acid groups (broad SMARTS) is 1. The number of hydrogen-bond acceptors (Lipinski definition) is 3. The molecule has 1 aliphatic rings. The number of piperidine rings is 1. The zero-order valence-corrected chi connectivity index (χ0v) is 10.6. The molecule has 1 fully saturated rings. The van der Waals surface area contributed by atoms with Crippen molar-refractivity contribution >= 4 is 11.9 Å². The standard InChI is InChI=1S/C12H22N2O3/c1-3-13-9(2)8-11(15)14-7-5-4-6-10(14)12(16)17/h9-10,13H,3-8H2,1-2H3,(H,16,17)/t9?,10-/m1/s1. The summed E-state index contributed by atoms with van der Waals surface area (Å²) in [5.74, 6) is -0.931. The maximum atomic E-state index is 12.0. The maximum absolute atomic E-state index is 12.0. The van der Waals surface area contributed by atoms with Crippen LogP contribution in [0.25, 0.3) is 0 Å². The molecule has 17 heavy (non-hydrogen) atoms. The van der Waals surface area contributed by atoms with Crippen molar-refractivity contribution in [3.05, 3.63) is 0 Å². The zero-order chi connectivity index (χ0) is 12.8. The van der Waals surface area contributed by atoms with Crippen molar-refractivity contribution in [1.29, 1.82) is 0 Å². The summed E-state index contributed by atoms with van der Waals surface area (Å²) in [6.45, 7) is 5.33. The van der Waals surface area contributed by atoms with Crippen LogP contribution in [0.5, 0.6) is 0 Å². The number of carbonyl (C=O) groups excluding carboxylic acids is 1. The first kappa shape index (κ1) is 14.0. The van der Waals surface area contributed by atoms with Gasteiger partial charge in [-0.1, -0.05) is 6.92 Å². The summed E-state index contributed by atoms with van der Waals surface area (Å²) in [5.41, 5.74) is 0. The Morgan fingerprint density at radius 1 is 1.47 bits per heavy atom. The number of aliphatic carboxylic acids is 1.